The van der Waals surface area contributed by atoms with Crippen LogP contribution in [0.5, 0.6) is 11.5 Å². The predicted molar refractivity (Wildman–Crippen MR) is 82.3 cm³/mol. The number of ether oxygens (including phenoxy) is 3. The maximum absolute atomic E-state index is 11.9. The number of hydrogen-bond donors (Lipinski definition) is 0. The van der Waals surface area contributed by atoms with E-state index in [9.17, 15) is 9.59 Å². The lowest BCUT2D eigenvalue weighted by molar-refractivity contribution is 0.0595. The monoisotopic (exact) mass is 316 g/mol. The number of hydrogen-bond acceptors (Lipinski definition) is 6. The number of benzene rings is 1. The standard InChI is InChI=1S/C17H16O6/c1-20-14-7-4-9-10(15(14)21-2)5-6-13-11(9)8-12(16(18)22-3)17(19)23-13/h4,7-8H,5-6H2,1-3H3. The van der Waals surface area contributed by atoms with Gasteiger partial charge in [-0.15, -0.1) is 0 Å². The summed E-state index contributed by atoms with van der Waals surface area (Å²) >= 11 is 0. The van der Waals surface area contributed by atoms with E-state index in [1.54, 1.807) is 20.3 Å². The van der Waals surface area contributed by atoms with Crippen molar-refractivity contribution in [2.75, 3.05) is 21.3 Å². The molecule has 2 aromatic rings. The van der Waals surface area contributed by atoms with E-state index in [4.69, 9.17) is 13.9 Å². The molecule has 1 heterocycles. The summed E-state index contributed by atoms with van der Waals surface area (Å²) in [4.78, 5) is 23.6. The quantitative estimate of drug-likeness (QED) is 0.808. The van der Waals surface area contributed by atoms with E-state index >= 15 is 0 Å². The fraction of sp³-hybridized carbons (Fsp3) is 0.294. The van der Waals surface area contributed by atoms with Crippen molar-refractivity contribution < 1.29 is 23.4 Å². The molecule has 0 radical (unpaired) electrons. The number of methoxy groups -OCH3 is 3. The molecular formula is C17H16O6. The van der Waals surface area contributed by atoms with Crippen LogP contribution >= 0.6 is 0 Å². The molecule has 1 aromatic carbocycles. The van der Waals surface area contributed by atoms with Gasteiger partial charge in [-0.3, -0.25) is 0 Å². The second-order valence-electron chi connectivity index (χ2n) is 5.10. The Morgan fingerprint density at radius 3 is 2.52 bits per heavy atom. The Morgan fingerprint density at radius 2 is 1.87 bits per heavy atom. The first-order valence-electron chi connectivity index (χ1n) is 7.10. The molecule has 6 heteroatoms. The van der Waals surface area contributed by atoms with E-state index in [1.807, 2.05) is 6.07 Å². The topological polar surface area (TPSA) is 75.0 Å². The second-order valence-corrected chi connectivity index (χ2v) is 5.10. The summed E-state index contributed by atoms with van der Waals surface area (Å²) in [6.45, 7) is 0. The van der Waals surface area contributed by atoms with Crippen molar-refractivity contribution in [3.05, 3.63) is 45.5 Å². The fourth-order valence-corrected chi connectivity index (χ4v) is 2.90. The Kier molecular flexibility index (Phi) is 3.82. The molecule has 0 amide bonds. The number of fused-ring (bicyclic) bond motifs is 3. The van der Waals surface area contributed by atoms with Crippen LogP contribution in [0.4, 0.5) is 0 Å². The first-order chi connectivity index (χ1) is 11.1. The van der Waals surface area contributed by atoms with Crippen molar-refractivity contribution in [2.45, 2.75) is 12.8 Å². The van der Waals surface area contributed by atoms with Gasteiger partial charge in [-0.2, -0.15) is 0 Å². The Labute approximate surface area is 132 Å². The third-order valence-corrected chi connectivity index (χ3v) is 3.97. The predicted octanol–water partition coefficient (Wildman–Crippen LogP) is 2.21. The highest BCUT2D eigenvalue weighted by molar-refractivity contribution is 5.91. The third kappa shape index (κ3) is 2.36. The minimum absolute atomic E-state index is 0.117. The van der Waals surface area contributed by atoms with E-state index in [0.29, 0.717) is 35.7 Å². The molecule has 1 aliphatic rings. The zero-order valence-corrected chi connectivity index (χ0v) is 13.1. The number of esters is 1. The molecular weight excluding hydrogens is 300 g/mol. The molecule has 1 aliphatic carbocycles. The van der Waals surface area contributed by atoms with Crippen molar-refractivity contribution in [3.8, 4) is 22.6 Å². The van der Waals surface area contributed by atoms with Gasteiger partial charge in [-0.05, 0) is 24.1 Å². The summed E-state index contributed by atoms with van der Waals surface area (Å²) in [5.41, 5.74) is 1.72. The summed E-state index contributed by atoms with van der Waals surface area (Å²) in [6, 6.07) is 5.18. The van der Waals surface area contributed by atoms with Crippen molar-refractivity contribution in [2.24, 2.45) is 0 Å². The highest BCUT2D eigenvalue weighted by Crippen LogP contribution is 2.42. The number of aryl methyl sites for hydroxylation is 1. The lowest BCUT2D eigenvalue weighted by Gasteiger charge is -2.22. The van der Waals surface area contributed by atoms with Crippen molar-refractivity contribution >= 4 is 5.97 Å². The molecule has 0 saturated heterocycles. The van der Waals surface area contributed by atoms with Crippen LogP contribution in [0.15, 0.2) is 27.4 Å². The molecule has 0 bridgehead atoms. The van der Waals surface area contributed by atoms with Crippen molar-refractivity contribution in [1.82, 2.24) is 0 Å². The van der Waals surface area contributed by atoms with Gasteiger partial charge >= 0.3 is 11.6 Å². The molecule has 6 nitrogen and oxygen atoms in total. The maximum atomic E-state index is 11.9. The highest BCUT2D eigenvalue weighted by Gasteiger charge is 2.26. The van der Waals surface area contributed by atoms with E-state index in [2.05, 4.69) is 4.74 Å². The largest absolute Gasteiger partial charge is 0.493 e. The summed E-state index contributed by atoms with van der Waals surface area (Å²) in [7, 11) is 4.39. The van der Waals surface area contributed by atoms with E-state index in [0.717, 1.165) is 11.1 Å². The van der Waals surface area contributed by atoms with Gasteiger partial charge < -0.3 is 18.6 Å². The lowest BCUT2D eigenvalue weighted by atomic mass is 9.88. The van der Waals surface area contributed by atoms with Crippen LogP contribution in [-0.2, 0) is 17.6 Å². The van der Waals surface area contributed by atoms with Crippen LogP contribution < -0.4 is 15.1 Å². The Hall–Kier alpha value is -2.76. The molecule has 1 aromatic heterocycles. The summed E-state index contributed by atoms with van der Waals surface area (Å²) in [6.07, 6.45) is 1.20. The minimum atomic E-state index is -0.714. The molecule has 0 aliphatic heterocycles. The van der Waals surface area contributed by atoms with E-state index in [1.165, 1.54) is 13.2 Å². The third-order valence-electron chi connectivity index (χ3n) is 3.97. The average Bonchev–Trinajstić information content (AvgIpc) is 2.58. The molecule has 23 heavy (non-hydrogen) atoms. The Morgan fingerprint density at radius 1 is 1.09 bits per heavy atom. The van der Waals surface area contributed by atoms with Gasteiger partial charge in [0.25, 0.3) is 0 Å². The van der Waals surface area contributed by atoms with Gasteiger partial charge in [0, 0.05) is 17.5 Å². The maximum Gasteiger partial charge on any atom is 0.350 e. The van der Waals surface area contributed by atoms with Gasteiger partial charge in [0.05, 0.1) is 21.3 Å². The van der Waals surface area contributed by atoms with Crippen molar-refractivity contribution in [3.63, 3.8) is 0 Å². The summed E-state index contributed by atoms with van der Waals surface area (Å²) in [5, 5.41) is 0. The fourth-order valence-electron chi connectivity index (χ4n) is 2.90. The van der Waals surface area contributed by atoms with Gasteiger partial charge in [0.2, 0.25) is 0 Å². The minimum Gasteiger partial charge on any atom is -0.493 e. The molecule has 120 valence electrons. The first-order valence-corrected chi connectivity index (χ1v) is 7.10. The zero-order chi connectivity index (χ0) is 16.6. The molecule has 0 atom stereocenters. The average molecular weight is 316 g/mol. The molecule has 3 rings (SSSR count). The van der Waals surface area contributed by atoms with E-state index < -0.39 is 11.6 Å². The Balaban J connectivity index is 2.24. The summed E-state index contributed by atoms with van der Waals surface area (Å²) < 4.78 is 20.7. The smallest absolute Gasteiger partial charge is 0.350 e. The molecule has 0 unspecified atom stereocenters. The van der Waals surface area contributed by atoms with Crippen LogP contribution in [0.1, 0.15) is 21.7 Å². The van der Waals surface area contributed by atoms with Crippen LogP contribution in [0.25, 0.3) is 11.1 Å². The Bertz CT molecular complexity index is 834. The summed E-state index contributed by atoms with van der Waals surface area (Å²) in [5.74, 6) is 1.14. The second kappa shape index (κ2) is 5.79. The molecule has 0 saturated carbocycles. The van der Waals surface area contributed by atoms with Gasteiger partial charge in [0.1, 0.15) is 11.3 Å². The van der Waals surface area contributed by atoms with Crippen LogP contribution in [0.2, 0.25) is 0 Å². The zero-order valence-electron chi connectivity index (χ0n) is 13.1. The number of carbonyl (C=O) groups excluding carboxylic acids is 1. The number of carbonyl (C=O) groups is 1. The van der Waals surface area contributed by atoms with Crippen LogP contribution in [-0.4, -0.2) is 27.3 Å². The number of rotatable bonds is 3. The van der Waals surface area contributed by atoms with Gasteiger partial charge in [-0.1, -0.05) is 6.07 Å². The van der Waals surface area contributed by atoms with Crippen LogP contribution in [0, 0.1) is 0 Å². The van der Waals surface area contributed by atoms with Crippen LogP contribution in [0.3, 0.4) is 0 Å². The molecule has 0 spiro atoms. The lowest BCUT2D eigenvalue weighted by Crippen LogP contribution is -2.18. The van der Waals surface area contributed by atoms with E-state index in [-0.39, 0.29) is 5.56 Å². The normalized spacial score (nSPS) is 12.1. The highest BCUT2D eigenvalue weighted by atomic mass is 16.5. The first kappa shape index (κ1) is 15.1. The molecule has 0 fully saturated rings. The molecule has 0 N–H and O–H groups in total. The van der Waals surface area contributed by atoms with Gasteiger partial charge in [0.15, 0.2) is 11.5 Å². The van der Waals surface area contributed by atoms with Crippen molar-refractivity contribution in [1.29, 1.82) is 0 Å². The van der Waals surface area contributed by atoms with Gasteiger partial charge in [-0.25, -0.2) is 9.59 Å². The SMILES string of the molecule is COC(=O)c1cc2c(oc1=O)CCc1c-2ccc(OC)c1OC.